The predicted octanol–water partition coefficient (Wildman–Crippen LogP) is 1.35. The molecule has 0 spiro atoms. The summed E-state index contributed by atoms with van der Waals surface area (Å²) in [6.07, 6.45) is 0. The van der Waals surface area contributed by atoms with Crippen LogP contribution in [0.25, 0.3) is 11.4 Å². The predicted molar refractivity (Wildman–Crippen MR) is 55.8 cm³/mol. The first-order valence-electron chi connectivity index (χ1n) is 4.90. The number of benzene rings is 1. The molecule has 0 aliphatic carbocycles. The lowest BCUT2D eigenvalue weighted by molar-refractivity contribution is -0.425. The van der Waals surface area contributed by atoms with Crippen molar-refractivity contribution in [3.63, 3.8) is 0 Å². The Morgan fingerprint density at radius 2 is 2.20 bits per heavy atom. The summed E-state index contributed by atoms with van der Waals surface area (Å²) in [5.41, 5.74) is 6.00. The van der Waals surface area contributed by atoms with E-state index in [4.69, 9.17) is 4.52 Å². The second-order valence-electron chi connectivity index (χ2n) is 3.73. The van der Waals surface area contributed by atoms with Crippen molar-refractivity contribution in [3.05, 3.63) is 35.7 Å². The van der Waals surface area contributed by atoms with Crippen LogP contribution < -0.4 is 5.73 Å². The zero-order valence-corrected chi connectivity index (χ0v) is 8.90. The Morgan fingerprint density at radius 1 is 1.40 bits per heavy atom. The van der Waals surface area contributed by atoms with Gasteiger partial charge in [-0.25, -0.2) is 0 Å². The fourth-order valence-corrected chi connectivity index (χ4v) is 1.34. The van der Waals surface area contributed by atoms with Crippen molar-refractivity contribution in [2.75, 3.05) is 0 Å². The molecule has 2 aromatic rings. The molecule has 0 amide bonds. The molecule has 3 N–H and O–H groups in total. The summed E-state index contributed by atoms with van der Waals surface area (Å²) in [6, 6.07) is 8.04. The first-order valence-corrected chi connectivity index (χ1v) is 4.90. The van der Waals surface area contributed by atoms with Gasteiger partial charge in [0.15, 0.2) is 6.04 Å². The van der Waals surface area contributed by atoms with E-state index in [-0.39, 0.29) is 6.04 Å². The van der Waals surface area contributed by atoms with E-state index in [0.717, 1.165) is 5.56 Å². The van der Waals surface area contributed by atoms with Gasteiger partial charge >= 0.3 is 0 Å². The monoisotopic (exact) mass is 204 g/mol. The molecule has 1 heterocycles. The Labute approximate surface area is 88.1 Å². The molecule has 0 bridgehead atoms. The molecule has 0 radical (unpaired) electrons. The molecule has 4 nitrogen and oxygen atoms in total. The molecule has 0 unspecified atom stereocenters. The molecule has 1 atom stereocenters. The molecule has 0 aliphatic rings. The number of nitrogens with zero attached hydrogens (tertiary/aromatic N) is 2. The molecule has 15 heavy (non-hydrogen) atoms. The van der Waals surface area contributed by atoms with Gasteiger partial charge in [-0.05, 0) is 19.9 Å². The van der Waals surface area contributed by atoms with Gasteiger partial charge in [-0.2, -0.15) is 4.98 Å². The van der Waals surface area contributed by atoms with E-state index in [1.165, 1.54) is 5.56 Å². The summed E-state index contributed by atoms with van der Waals surface area (Å²) in [7, 11) is 0. The van der Waals surface area contributed by atoms with Gasteiger partial charge in [0.2, 0.25) is 5.82 Å². The lowest BCUT2D eigenvalue weighted by atomic mass is 10.1. The first-order chi connectivity index (χ1) is 7.16. The normalized spacial score (nSPS) is 12.7. The Balaban J connectivity index is 2.37. The summed E-state index contributed by atoms with van der Waals surface area (Å²) < 4.78 is 5.10. The first kappa shape index (κ1) is 9.86. The van der Waals surface area contributed by atoms with Crippen molar-refractivity contribution in [3.8, 4) is 11.4 Å². The molecule has 0 saturated carbocycles. The quantitative estimate of drug-likeness (QED) is 0.802. The second-order valence-corrected chi connectivity index (χ2v) is 3.73. The van der Waals surface area contributed by atoms with Crippen LogP contribution in [0.15, 0.2) is 28.8 Å². The van der Waals surface area contributed by atoms with Crippen LogP contribution in [0.3, 0.4) is 0 Å². The number of aryl methyl sites for hydroxylation is 1. The number of rotatable bonds is 2. The Morgan fingerprint density at radius 3 is 2.80 bits per heavy atom. The van der Waals surface area contributed by atoms with Gasteiger partial charge in [-0.1, -0.05) is 28.9 Å². The summed E-state index contributed by atoms with van der Waals surface area (Å²) in [5, 5.41) is 3.92. The number of hydrogen-bond acceptors (Lipinski definition) is 3. The van der Waals surface area contributed by atoms with Crippen molar-refractivity contribution >= 4 is 0 Å². The minimum absolute atomic E-state index is 0.0241. The van der Waals surface area contributed by atoms with Crippen LogP contribution in [-0.4, -0.2) is 10.1 Å². The number of hydrogen-bond donors (Lipinski definition) is 1. The summed E-state index contributed by atoms with van der Waals surface area (Å²) in [4.78, 5) is 4.28. The summed E-state index contributed by atoms with van der Waals surface area (Å²) in [6.45, 7) is 3.96. The number of quaternary nitrogens is 1. The highest BCUT2D eigenvalue weighted by atomic mass is 16.5. The molecule has 1 aromatic carbocycles. The van der Waals surface area contributed by atoms with Crippen LogP contribution in [0.4, 0.5) is 0 Å². The van der Waals surface area contributed by atoms with Crippen LogP contribution in [0.2, 0.25) is 0 Å². The second kappa shape index (κ2) is 3.82. The third-order valence-corrected chi connectivity index (χ3v) is 2.14. The summed E-state index contributed by atoms with van der Waals surface area (Å²) in [5.74, 6) is 1.20. The Bertz CT molecular complexity index is 462. The third-order valence-electron chi connectivity index (χ3n) is 2.14. The van der Waals surface area contributed by atoms with E-state index in [2.05, 4.69) is 15.9 Å². The van der Waals surface area contributed by atoms with Gasteiger partial charge in [0.1, 0.15) is 0 Å². The zero-order valence-electron chi connectivity index (χ0n) is 8.90. The van der Waals surface area contributed by atoms with Crippen molar-refractivity contribution in [1.82, 2.24) is 10.1 Å². The van der Waals surface area contributed by atoms with E-state index < -0.39 is 0 Å². The SMILES string of the molecule is Cc1cccc(-c2noc([C@@H](C)[NH3+])n2)c1. The average Bonchev–Trinajstić information content (AvgIpc) is 2.66. The largest absolute Gasteiger partial charge is 0.348 e. The van der Waals surface area contributed by atoms with Crippen LogP contribution in [0.1, 0.15) is 24.4 Å². The van der Waals surface area contributed by atoms with Crippen molar-refractivity contribution in [1.29, 1.82) is 0 Å². The average molecular weight is 204 g/mol. The highest BCUT2D eigenvalue weighted by molar-refractivity contribution is 5.55. The van der Waals surface area contributed by atoms with Gasteiger partial charge in [0.05, 0.1) is 0 Å². The highest BCUT2D eigenvalue weighted by Crippen LogP contribution is 2.18. The molecule has 4 heteroatoms. The van der Waals surface area contributed by atoms with E-state index in [0.29, 0.717) is 11.7 Å². The van der Waals surface area contributed by atoms with Crippen molar-refractivity contribution < 1.29 is 10.3 Å². The minimum atomic E-state index is 0.0241. The van der Waals surface area contributed by atoms with Crippen LogP contribution in [-0.2, 0) is 0 Å². The topological polar surface area (TPSA) is 66.6 Å². The Hall–Kier alpha value is -1.68. The molecule has 0 saturated heterocycles. The van der Waals surface area contributed by atoms with Gasteiger partial charge in [-0.15, -0.1) is 0 Å². The molecule has 0 aliphatic heterocycles. The van der Waals surface area contributed by atoms with E-state index in [1.54, 1.807) is 0 Å². The Kier molecular flexibility index (Phi) is 2.51. The smallest absolute Gasteiger partial charge is 0.284 e. The van der Waals surface area contributed by atoms with E-state index in [1.807, 2.05) is 38.1 Å². The van der Waals surface area contributed by atoms with Crippen molar-refractivity contribution in [2.45, 2.75) is 19.9 Å². The van der Waals surface area contributed by atoms with Crippen LogP contribution >= 0.6 is 0 Å². The maximum absolute atomic E-state index is 5.10. The van der Waals surface area contributed by atoms with Gasteiger partial charge < -0.3 is 10.3 Å². The van der Waals surface area contributed by atoms with E-state index >= 15 is 0 Å². The third kappa shape index (κ3) is 2.05. The lowest BCUT2D eigenvalue weighted by Gasteiger charge is -1.95. The van der Waals surface area contributed by atoms with Gasteiger partial charge in [-0.3, -0.25) is 0 Å². The van der Waals surface area contributed by atoms with Gasteiger partial charge in [0.25, 0.3) is 5.89 Å². The fraction of sp³-hybridized carbons (Fsp3) is 0.273. The highest BCUT2D eigenvalue weighted by Gasteiger charge is 2.13. The van der Waals surface area contributed by atoms with Gasteiger partial charge in [0, 0.05) is 5.56 Å². The molecule has 1 aromatic heterocycles. The molecule has 0 fully saturated rings. The zero-order chi connectivity index (χ0) is 10.8. The van der Waals surface area contributed by atoms with Crippen LogP contribution in [0, 0.1) is 6.92 Å². The summed E-state index contributed by atoms with van der Waals surface area (Å²) >= 11 is 0. The minimum Gasteiger partial charge on any atom is -0.348 e. The van der Waals surface area contributed by atoms with Crippen molar-refractivity contribution in [2.24, 2.45) is 0 Å². The van der Waals surface area contributed by atoms with Crippen LogP contribution in [0.5, 0.6) is 0 Å². The maximum atomic E-state index is 5.10. The molecule has 2 rings (SSSR count). The maximum Gasteiger partial charge on any atom is 0.284 e. The van der Waals surface area contributed by atoms with E-state index in [9.17, 15) is 0 Å². The molecular weight excluding hydrogens is 190 g/mol. The molecule has 78 valence electrons. The molecular formula is C11H14N3O+. The fourth-order valence-electron chi connectivity index (χ4n) is 1.34. The standard InChI is InChI=1S/C11H13N3O/c1-7-4-3-5-9(6-7)10-13-11(8(2)12)15-14-10/h3-6,8H,12H2,1-2H3/p+1/t8-/m1/s1. The number of aromatic nitrogens is 2. The lowest BCUT2D eigenvalue weighted by Crippen LogP contribution is -2.51.